The summed E-state index contributed by atoms with van der Waals surface area (Å²) >= 11 is 3.37. The number of halogens is 1. The highest BCUT2D eigenvalue weighted by molar-refractivity contribution is 9.10. The molecule has 0 heterocycles. The van der Waals surface area contributed by atoms with Crippen molar-refractivity contribution in [2.24, 2.45) is 0 Å². The van der Waals surface area contributed by atoms with Crippen molar-refractivity contribution in [3.8, 4) is 0 Å². The van der Waals surface area contributed by atoms with Crippen LogP contribution in [0.4, 0.5) is 0 Å². The van der Waals surface area contributed by atoms with Crippen molar-refractivity contribution in [3.63, 3.8) is 0 Å². The largest absolute Gasteiger partial charge is 0.396 e. The third-order valence-corrected chi connectivity index (χ3v) is 2.84. The molecule has 0 radical (unpaired) electrons. The minimum atomic E-state index is 0.0666. The van der Waals surface area contributed by atoms with Gasteiger partial charge in [-0.2, -0.15) is 0 Å². The molecule has 0 fully saturated rings. The summed E-state index contributed by atoms with van der Waals surface area (Å²) < 4.78 is 1.03. The van der Waals surface area contributed by atoms with Gasteiger partial charge in [-0.15, -0.1) is 0 Å². The molecule has 1 aromatic carbocycles. The van der Waals surface area contributed by atoms with Gasteiger partial charge in [0, 0.05) is 31.1 Å². The zero-order valence-corrected chi connectivity index (χ0v) is 10.9. The van der Waals surface area contributed by atoms with Crippen molar-refractivity contribution >= 4 is 21.8 Å². The highest BCUT2D eigenvalue weighted by Gasteiger charge is 2.08. The highest BCUT2D eigenvalue weighted by Crippen LogP contribution is 2.12. The lowest BCUT2D eigenvalue weighted by molar-refractivity contribution is -0.130. The van der Waals surface area contributed by atoms with E-state index >= 15 is 0 Å². The van der Waals surface area contributed by atoms with E-state index in [0.717, 1.165) is 10.0 Å². The monoisotopic (exact) mass is 285 g/mol. The maximum atomic E-state index is 11.6. The molecule has 0 aliphatic carbocycles. The van der Waals surface area contributed by atoms with Crippen LogP contribution in [-0.2, 0) is 11.3 Å². The Hall–Kier alpha value is -0.870. The van der Waals surface area contributed by atoms with Crippen molar-refractivity contribution < 1.29 is 9.90 Å². The zero-order chi connectivity index (χ0) is 12.0. The van der Waals surface area contributed by atoms with Gasteiger partial charge in [0.1, 0.15) is 0 Å². The number of aliphatic hydroxyl groups excluding tert-OH is 1. The standard InChI is InChI=1S/C12H16BrNO2/c1-14(12(16)3-2-8-15)9-10-4-6-11(13)7-5-10/h4-7,15H,2-3,8-9H2,1H3. The molecule has 0 atom stereocenters. The Kier molecular flexibility index (Phi) is 5.49. The molecule has 4 heteroatoms. The molecular weight excluding hydrogens is 270 g/mol. The zero-order valence-electron chi connectivity index (χ0n) is 9.32. The summed E-state index contributed by atoms with van der Waals surface area (Å²) in [5.41, 5.74) is 1.10. The topological polar surface area (TPSA) is 40.5 Å². The lowest BCUT2D eigenvalue weighted by atomic mass is 10.2. The first-order valence-electron chi connectivity index (χ1n) is 5.22. The van der Waals surface area contributed by atoms with Gasteiger partial charge >= 0.3 is 0 Å². The third-order valence-electron chi connectivity index (χ3n) is 2.31. The molecule has 0 aliphatic rings. The van der Waals surface area contributed by atoms with Gasteiger partial charge < -0.3 is 10.0 Å². The van der Waals surface area contributed by atoms with E-state index in [0.29, 0.717) is 19.4 Å². The normalized spacial score (nSPS) is 10.2. The molecule has 0 unspecified atom stereocenters. The molecule has 0 bridgehead atoms. The number of amides is 1. The van der Waals surface area contributed by atoms with Crippen LogP contribution in [0.5, 0.6) is 0 Å². The van der Waals surface area contributed by atoms with Crippen LogP contribution in [0.25, 0.3) is 0 Å². The van der Waals surface area contributed by atoms with Crippen molar-refractivity contribution in [1.82, 2.24) is 4.90 Å². The van der Waals surface area contributed by atoms with Gasteiger partial charge in [0.15, 0.2) is 0 Å². The van der Waals surface area contributed by atoms with Crippen molar-refractivity contribution in [2.45, 2.75) is 19.4 Å². The second-order valence-electron chi connectivity index (χ2n) is 3.70. The fourth-order valence-corrected chi connectivity index (χ4v) is 1.64. The quantitative estimate of drug-likeness (QED) is 0.901. The average Bonchev–Trinajstić information content (AvgIpc) is 2.29. The van der Waals surface area contributed by atoms with Gasteiger partial charge in [-0.25, -0.2) is 0 Å². The van der Waals surface area contributed by atoms with E-state index in [1.807, 2.05) is 24.3 Å². The van der Waals surface area contributed by atoms with Gasteiger partial charge in [0.2, 0.25) is 5.91 Å². The van der Waals surface area contributed by atoms with Crippen LogP contribution >= 0.6 is 15.9 Å². The number of benzene rings is 1. The lowest BCUT2D eigenvalue weighted by Crippen LogP contribution is -2.26. The molecule has 0 aliphatic heterocycles. The van der Waals surface area contributed by atoms with Gasteiger partial charge in [-0.1, -0.05) is 28.1 Å². The lowest BCUT2D eigenvalue weighted by Gasteiger charge is -2.17. The van der Waals surface area contributed by atoms with E-state index in [-0.39, 0.29) is 12.5 Å². The van der Waals surface area contributed by atoms with E-state index in [2.05, 4.69) is 15.9 Å². The van der Waals surface area contributed by atoms with Gasteiger partial charge in [0.05, 0.1) is 0 Å². The number of hydrogen-bond donors (Lipinski definition) is 1. The first kappa shape index (κ1) is 13.2. The van der Waals surface area contributed by atoms with E-state index < -0.39 is 0 Å². The molecule has 0 spiro atoms. The second kappa shape index (κ2) is 6.66. The maximum Gasteiger partial charge on any atom is 0.222 e. The summed E-state index contributed by atoms with van der Waals surface area (Å²) in [4.78, 5) is 13.3. The number of carbonyl (C=O) groups is 1. The summed E-state index contributed by atoms with van der Waals surface area (Å²) in [5, 5.41) is 8.64. The summed E-state index contributed by atoms with van der Waals surface area (Å²) in [5.74, 6) is 0.0666. The van der Waals surface area contributed by atoms with E-state index in [1.54, 1.807) is 11.9 Å². The molecule has 16 heavy (non-hydrogen) atoms. The van der Waals surface area contributed by atoms with Crippen LogP contribution in [0, 0.1) is 0 Å². The minimum Gasteiger partial charge on any atom is -0.396 e. The molecule has 88 valence electrons. The molecule has 0 saturated heterocycles. The fraction of sp³-hybridized carbons (Fsp3) is 0.417. The first-order valence-corrected chi connectivity index (χ1v) is 6.02. The third kappa shape index (κ3) is 4.33. The van der Waals surface area contributed by atoms with E-state index in [4.69, 9.17) is 5.11 Å². The van der Waals surface area contributed by atoms with Gasteiger partial charge in [0.25, 0.3) is 0 Å². The number of aliphatic hydroxyl groups is 1. The Morgan fingerprint density at radius 2 is 2.00 bits per heavy atom. The number of rotatable bonds is 5. The van der Waals surface area contributed by atoms with Gasteiger partial charge in [-0.3, -0.25) is 4.79 Å². The van der Waals surface area contributed by atoms with Crippen molar-refractivity contribution in [2.75, 3.05) is 13.7 Å². The first-order chi connectivity index (χ1) is 7.63. The maximum absolute atomic E-state index is 11.6. The molecule has 3 nitrogen and oxygen atoms in total. The number of nitrogens with zero attached hydrogens (tertiary/aromatic N) is 1. The fourth-order valence-electron chi connectivity index (χ4n) is 1.37. The van der Waals surface area contributed by atoms with Gasteiger partial charge in [-0.05, 0) is 24.1 Å². The predicted molar refractivity (Wildman–Crippen MR) is 66.9 cm³/mol. The van der Waals surface area contributed by atoms with Crippen LogP contribution in [0.3, 0.4) is 0 Å². The molecular formula is C12H16BrNO2. The molecule has 1 N–H and O–H groups in total. The summed E-state index contributed by atoms with van der Waals surface area (Å²) in [6.45, 7) is 0.676. The van der Waals surface area contributed by atoms with E-state index in [1.165, 1.54) is 0 Å². The Morgan fingerprint density at radius 3 is 2.56 bits per heavy atom. The van der Waals surface area contributed by atoms with Crippen LogP contribution in [0.15, 0.2) is 28.7 Å². The Bertz CT molecular complexity index is 337. The van der Waals surface area contributed by atoms with Crippen molar-refractivity contribution in [3.05, 3.63) is 34.3 Å². The second-order valence-corrected chi connectivity index (χ2v) is 4.62. The van der Waals surface area contributed by atoms with Crippen LogP contribution in [0.1, 0.15) is 18.4 Å². The molecule has 1 amide bonds. The molecule has 1 aromatic rings. The van der Waals surface area contributed by atoms with Crippen molar-refractivity contribution in [1.29, 1.82) is 0 Å². The summed E-state index contributed by atoms with van der Waals surface area (Å²) in [7, 11) is 1.78. The molecule has 0 aromatic heterocycles. The smallest absolute Gasteiger partial charge is 0.222 e. The number of carbonyl (C=O) groups excluding carboxylic acids is 1. The summed E-state index contributed by atoms with van der Waals surface area (Å²) in [6, 6.07) is 7.89. The summed E-state index contributed by atoms with van der Waals surface area (Å²) in [6.07, 6.45) is 0.938. The van der Waals surface area contributed by atoms with Crippen LogP contribution < -0.4 is 0 Å². The highest BCUT2D eigenvalue weighted by atomic mass is 79.9. The van der Waals surface area contributed by atoms with Crippen LogP contribution in [0.2, 0.25) is 0 Å². The Balaban J connectivity index is 2.47. The Labute approximate surface area is 104 Å². The van der Waals surface area contributed by atoms with E-state index in [9.17, 15) is 4.79 Å². The average molecular weight is 286 g/mol. The molecule has 1 rings (SSSR count). The molecule has 0 saturated carbocycles. The number of hydrogen-bond acceptors (Lipinski definition) is 2. The predicted octanol–water partition coefficient (Wildman–Crippen LogP) is 2.18. The Morgan fingerprint density at radius 1 is 1.38 bits per heavy atom. The minimum absolute atomic E-state index is 0.0666. The SMILES string of the molecule is CN(Cc1ccc(Br)cc1)C(=O)CCCO. The van der Waals surface area contributed by atoms with Crippen LogP contribution in [-0.4, -0.2) is 29.6 Å².